The van der Waals surface area contributed by atoms with Crippen molar-refractivity contribution in [3.05, 3.63) is 71.0 Å². The summed E-state index contributed by atoms with van der Waals surface area (Å²) in [6.45, 7) is 3.22. The summed E-state index contributed by atoms with van der Waals surface area (Å²) >= 11 is 6.06. The number of pyridine rings is 1. The van der Waals surface area contributed by atoms with Crippen molar-refractivity contribution in [1.29, 1.82) is 0 Å². The van der Waals surface area contributed by atoms with E-state index in [4.69, 9.17) is 11.6 Å². The van der Waals surface area contributed by atoms with Gasteiger partial charge in [-0.2, -0.15) is 13.2 Å². The maximum Gasteiger partial charge on any atom is 0.471 e. The molecular weight excluding hydrogens is 542 g/mol. The van der Waals surface area contributed by atoms with E-state index in [0.717, 1.165) is 6.07 Å². The van der Waals surface area contributed by atoms with E-state index in [1.807, 2.05) is 0 Å². The predicted octanol–water partition coefficient (Wildman–Crippen LogP) is 3.94. The van der Waals surface area contributed by atoms with Crippen molar-refractivity contribution < 1.29 is 31.9 Å². The largest absolute Gasteiger partial charge is 0.471 e. The Balaban J connectivity index is 1.63. The van der Waals surface area contributed by atoms with Crippen molar-refractivity contribution in [2.24, 2.45) is 5.92 Å². The maximum atomic E-state index is 14.2. The van der Waals surface area contributed by atoms with Gasteiger partial charge in [0.05, 0.1) is 24.1 Å². The first kappa shape index (κ1) is 28.3. The van der Waals surface area contributed by atoms with Gasteiger partial charge in [0.1, 0.15) is 17.6 Å². The molecule has 1 aromatic carbocycles. The molecule has 3 aromatic rings. The number of fused-ring (bicyclic) bond motifs is 1. The highest BCUT2D eigenvalue weighted by molar-refractivity contribution is 6.30. The fourth-order valence-corrected chi connectivity index (χ4v) is 5.02. The molecule has 1 aliphatic rings. The summed E-state index contributed by atoms with van der Waals surface area (Å²) in [5, 5.41) is 4.60. The first-order valence-corrected chi connectivity index (χ1v) is 12.6. The first-order valence-electron chi connectivity index (χ1n) is 12.2. The van der Waals surface area contributed by atoms with Crippen LogP contribution >= 0.6 is 11.6 Å². The van der Waals surface area contributed by atoms with E-state index >= 15 is 0 Å². The Labute approximate surface area is 226 Å². The molecule has 39 heavy (non-hydrogen) atoms. The molecule has 4 rings (SSSR count). The lowest BCUT2D eigenvalue weighted by Crippen LogP contribution is -2.59. The number of alkyl halides is 3. The zero-order valence-corrected chi connectivity index (χ0v) is 21.8. The third-order valence-electron chi connectivity index (χ3n) is 6.70. The van der Waals surface area contributed by atoms with Crippen molar-refractivity contribution in [2.45, 2.75) is 44.4 Å². The Bertz CT molecular complexity index is 1370. The monoisotopic (exact) mass is 567 g/mol. The highest BCUT2D eigenvalue weighted by Crippen LogP contribution is 2.32. The molecule has 1 aliphatic heterocycles. The quantitative estimate of drug-likeness (QED) is 0.441. The molecule has 0 spiro atoms. The van der Waals surface area contributed by atoms with Gasteiger partial charge in [-0.3, -0.25) is 18.8 Å². The zero-order chi connectivity index (χ0) is 28.5. The average Bonchev–Trinajstić information content (AvgIpc) is 3.34. The van der Waals surface area contributed by atoms with Crippen molar-refractivity contribution in [3.8, 4) is 0 Å². The molecule has 13 heteroatoms. The minimum atomic E-state index is -5.17. The standard InChI is InChI=1S/C26H26ClF4N5O3/c1-14(2)22(34-25(39)26(29,30)31)23(37)33-20-12-35(7-6-19(20)15-8-16(27)10-17(28)9-15)24(38)21-5-3-4-18-11-32-13-36(18)21/h3-5,8-11,13-14,19-20,22H,6-7,12H2,1-2H3,(H,33,37)(H,34,39)/t19-,20+,22+/m0/s1. The summed E-state index contributed by atoms with van der Waals surface area (Å²) in [6.07, 6.45) is -1.77. The summed E-state index contributed by atoms with van der Waals surface area (Å²) in [6, 6.07) is 6.75. The summed E-state index contributed by atoms with van der Waals surface area (Å²) in [7, 11) is 0. The molecule has 8 nitrogen and oxygen atoms in total. The van der Waals surface area contributed by atoms with Crippen molar-refractivity contribution >= 4 is 34.8 Å². The Hall–Kier alpha value is -3.67. The minimum Gasteiger partial charge on any atom is -0.349 e. The summed E-state index contributed by atoms with van der Waals surface area (Å²) in [4.78, 5) is 43.9. The Kier molecular flexibility index (Phi) is 8.15. The van der Waals surface area contributed by atoms with E-state index in [9.17, 15) is 31.9 Å². The van der Waals surface area contributed by atoms with Gasteiger partial charge in [0.2, 0.25) is 5.91 Å². The van der Waals surface area contributed by atoms with Crippen LogP contribution in [-0.2, 0) is 9.59 Å². The number of hydrogen-bond donors (Lipinski definition) is 2. The normalized spacial score (nSPS) is 18.7. The number of benzene rings is 1. The second-order valence-electron chi connectivity index (χ2n) is 9.76. The van der Waals surface area contributed by atoms with E-state index < -0.39 is 47.7 Å². The molecule has 1 saturated heterocycles. The first-order chi connectivity index (χ1) is 18.3. The fraction of sp³-hybridized carbons (Fsp3) is 0.385. The van der Waals surface area contributed by atoms with Crippen LogP contribution in [0.4, 0.5) is 17.6 Å². The summed E-state index contributed by atoms with van der Waals surface area (Å²) < 4.78 is 54.5. The Morgan fingerprint density at radius 2 is 1.90 bits per heavy atom. The fourth-order valence-electron chi connectivity index (χ4n) is 4.79. The zero-order valence-electron chi connectivity index (χ0n) is 21.0. The number of imidazole rings is 1. The van der Waals surface area contributed by atoms with Gasteiger partial charge in [0, 0.05) is 24.0 Å². The van der Waals surface area contributed by atoms with E-state index in [2.05, 4.69) is 10.3 Å². The molecule has 0 bridgehead atoms. The molecule has 3 amide bonds. The number of nitrogens with zero attached hydrogens (tertiary/aromatic N) is 3. The van der Waals surface area contributed by atoms with E-state index in [1.54, 1.807) is 40.2 Å². The lowest BCUT2D eigenvalue weighted by Gasteiger charge is -2.40. The van der Waals surface area contributed by atoms with Crippen LogP contribution in [0.15, 0.2) is 48.9 Å². The van der Waals surface area contributed by atoms with Crippen LogP contribution in [-0.4, -0.2) is 63.4 Å². The number of hydrogen-bond acceptors (Lipinski definition) is 4. The Morgan fingerprint density at radius 1 is 1.15 bits per heavy atom. The van der Waals surface area contributed by atoms with Crippen molar-refractivity contribution in [3.63, 3.8) is 0 Å². The number of halogens is 5. The van der Waals surface area contributed by atoms with E-state index in [-0.39, 0.29) is 24.0 Å². The number of rotatable bonds is 6. The van der Waals surface area contributed by atoms with Gasteiger partial charge in [0.25, 0.3) is 5.91 Å². The van der Waals surface area contributed by atoms with Gasteiger partial charge in [-0.25, -0.2) is 9.37 Å². The average molecular weight is 568 g/mol. The number of nitrogens with one attached hydrogen (secondary N) is 2. The number of carbonyl (C=O) groups is 3. The molecular formula is C26H26ClF4N5O3. The number of amides is 3. The van der Waals surface area contributed by atoms with Gasteiger partial charge >= 0.3 is 12.1 Å². The van der Waals surface area contributed by atoms with E-state index in [0.29, 0.717) is 23.2 Å². The highest BCUT2D eigenvalue weighted by Gasteiger charge is 2.42. The second-order valence-corrected chi connectivity index (χ2v) is 10.2. The van der Waals surface area contributed by atoms with Crippen molar-refractivity contribution in [2.75, 3.05) is 13.1 Å². The number of carbonyl (C=O) groups excluding carboxylic acids is 3. The summed E-state index contributed by atoms with van der Waals surface area (Å²) in [5.41, 5.74) is 1.50. The number of piperidine rings is 1. The lowest BCUT2D eigenvalue weighted by atomic mass is 9.84. The van der Waals surface area contributed by atoms with E-state index in [1.165, 1.54) is 31.1 Å². The molecule has 3 heterocycles. The third-order valence-corrected chi connectivity index (χ3v) is 6.92. The molecule has 0 aliphatic carbocycles. The van der Waals surface area contributed by atoms with Gasteiger partial charge in [0.15, 0.2) is 0 Å². The smallest absolute Gasteiger partial charge is 0.349 e. The molecule has 208 valence electrons. The van der Waals surface area contributed by atoms with Gasteiger partial charge in [-0.15, -0.1) is 0 Å². The molecule has 2 aromatic heterocycles. The topological polar surface area (TPSA) is 95.8 Å². The predicted molar refractivity (Wildman–Crippen MR) is 135 cm³/mol. The number of likely N-dealkylation sites (tertiary alicyclic amines) is 1. The molecule has 0 radical (unpaired) electrons. The van der Waals surface area contributed by atoms with Crippen LogP contribution in [0.25, 0.3) is 5.52 Å². The molecule has 0 saturated carbocycles. The van der Waals surface area contributed by atoms with Crippen LogP contribution in [0.1, 0.15) is 42.2 Å². The molecule has 1 fully saturated rings. The van der Waals surface area contributed by atoms with Crippen LogP contribution < -0.4 is 10.6 Å². The molecule has 3 atom stereocenters. The van der Waals surface area contributed by atoms with Gasteiger partial charge < -0.3 is 15.5 Å². The molecule has 0 unspecified atom stereocenters. The lowest BCUT2D eigenvalue weighted by molar-refractivity contribution is -0.175. The van der Waals surface area contributed by atoms with Crippen LogP contribution in [0.3, 0.4) is 0 Å². The maximum absolute atomic E-state index is 14.2. The van der Waals surface area contributed by atoms with Crippen LogP contribution in [0.5, 0.6) is 0 Å². The Morgan fingerprint density at radius 3 is 2.56 bits per heavy atom. The highest BCUT2D eigenvalue weighted by atomic mass is 35.5. The van der Waals surface area contributed by atoms with Gasteiger partial charge in [-0.1, -0.05) is 31.5 Å². The summed E-state index contributed by atoms with van der Waals surface area (Å²) in [5.74, 6) is -5.23. The molecule has 2 N–H and O–H groups in total. The second kappa shape index (κ2) is 11.2. The van der Waals surface area contributed by atoms with Crippen LogP contribution in [0, 0.1) is 11.7 Å². The van der Waals surface area contributed by atoms with Gasteiger partial charge in [-0.05, 0) is 48.2 Å². The number of aromatic nitrogens is 2. The van der Waals surface area contributed by atoms with Crippen LogP contribution in [0.2, 0.25) is 5.02 Å². The van der Waals surface area contributed by atoms with Crippen molar-refractivity contribution in [1.82, 2.24) is 24.9 Å². The minimum absolute atomic E-state index is 0.0213. The third kappa shape index (κ3) is 6.32. The SMILES string of the molecule is CC(C)[C@@H](NC(=O)C(F)(F)F)C(=O)N[C@@H]1CN(C(=O)c2cccc3cncn23)CC[C@H]1c1cc(F)cc(Cl)c1.